The van der Waals surface area contributed by atoms with Crippen LogP contribution in [-0.2, 0) is 14.4 Å². The highest BCUT2D eigenvalue weighted by molar-refractivity contribution is 5.79. The molecule has 0 bridgehead atoms. The molecule has 0 aliphatic carbocycles. The van der Waals surface area contributed by atoms with E-state index in [1.807, 2.05) is 5.59 Å². The van der Waals surface area contributed by atoms with Gasteiger partial charge in [-0.25, -0.2) is 5.84 Å². The number of hydrogen-bond acceptors (Lipinski definition) is 5. The Bertz CT molecular complexity index is 268. The van der Waals surface area contributed by atoms with E-state index in [-0.39, 0.29) is 12.3 Å². The number of rotatable bonds is 5. The molecule has 1 saturated heterocycles. The van der Waals surface area contributed by atoms with Gasteiger partial charge in [0.25, 0.3) is 0 Å². The lowest BCUT2D eigenvalue weighted by Crippen LogP contribution is -2.31. The molecule has 1 heterocycles. The third kappa shape index (κ3) is 3.46. The molecule has 0 aromatic rings. The summed E-state index contributed by atoms with van der Waals surface area (Å²) in [6, 6.07) is 0. The highest BCUT2D eigenvalue weighted by atomic mass is 16.7. The second-order valence-corrected chi connectivity index (χ2v) is 4.39. The zero-order valence-corrected chi connectivity index (χ0v) is 9.73. The smallest absolute Gasteiger partial charge is 0.328 e. The fraction of sp³-hybridized carbons (Fsp3) is 0.800. The summed E-state index contributed by atoms with van der Waals surface area (Å²) < 4.78 is 0. The van der Waals surface area contributed by atoms with Gasteiger partial charge >= 0.3 is 5.97 Å². The highest BCUT2D eigenvalue weighted by Crippen LogP contribution is 2.24. The maximum absolute atomic E-state index is 11.6. The van der Waals surface area contributed by atoms with E-state index >= 15 is 0 Å². The van der Waals surface area contributed by atoms with Crippen molar-refractivity contribution in [1.29, 1.82) is 0 Å². The van der Waals surface area contributed by atoms with Crippen LogP contribution in [0.25, 0.3) is 0 Å². The van der Waals surface area contributed by atoms with Gasteiger partial charge in [-0.05, 0) is 11.8 Å². The predicted molar refractivity (Wildman–Crippen MR) is 57.6 cm³/mol. The predicted octanol–water partition coefficient (Wildman–Crippen LogP) is -0.197. The van der Waals surface area contributed by atoms with Crippen molar-refractivity contribution < 1.29 is 14.4 Å². The van der Waals surface area contributed by atoms with E-state index in [0.717, 1.165) is 6.54 Å². The molecule has 1 fully saturated rings. The maximum Gasteiger partial charge on any atom is 0.328 e. The summed E-state index contributed by atoms with van der Waals surface area (Å²) in [5, 5.41) is 0. The lowest BCUT2D eigenvalue weighted by atomic mass is 9.95. The van der Waals surface area contributed by atoms with Crippen LogP contribution in [-0.4, -0.2) is 29.9 Å². The van der Waals surface area contributed by atoms with Crippen LogP contribution >= 0.6 is 0 Å². The van der Waals surface area contributed by atoms with Gasteiger partial charge < -0.3 is 9.74 Å². The van der Waals surface area contributed by atoms with Gasteiger partial charge in [0.1, 0.15) is 0 Å². The Morgan fingerprint density at radius 2 is 2.38 bits per heavy atom. The zero-order chi connectivity index (χ0) is 12.1. The van der Waals surface area contributed by atoms with Crippen LogP contribution in [0.4, 0.5) is 0 Å². The molecule has 0 spiro atoms. The first kappa shape index (κ1) is 12.9. The van der Waals surface area contributed by atoms with Gasteiger partial charge in [0.15, 0.2) is 0 Å². The Morgan fingerprint density at radius 1 is 1.69 bits per heavy atom. The Hall–Kier alpha value is -1.14. The summed E-state index contributed by atoms with van der Waals surface area (Å²) in [6.45, 7) is 5.35. The minimum absolute atomic E-state index is 0.118. The fourth-order valence-corrected chi connectivity index (χ4v) is 1.81. The van der Waals surface area contributed by atoms with Crippen LogP contribution in [0.1, 0.15) is 26.7 Å². The van der Waals surface area contributed by atoms with E-state index < -0.39 is 5.97 Å². The third-order valence-electron chi connectivity index (χ3n) is 2.95. The number of carbonyl (C=O) groups is 2. The first-order valence-electron chi connectivity index (χ1n) is 5.47. The van der Waals surface area contributed by atoms with E-state index in [1.165, 1.54) is 0 Å². The van der Waals surface area contributed by atoms with Gasteiger partial charge in [-0.15, -0.1) is 0 Å². The Balaban J connectivity index is 2.33. The van der Waals surface area contributed by atoms with Crippen LogP contribution in [0.3, 0.4) is 0 Å². The molecular formula is C10H19N3O3. The summed E-state index contributed by atoms with van der Waals surface area (Å²) >= 11 is 0. The minimum atomic E-state index is -0.455. The average molecular weight is 229 g/mol. The molecule has 1 aliphatic rings. The molecule has 1 unspecified atom stereocenters. The number of hydrazine groups is 1. The molecule has 16 heavy (non-hydrogen) atoms. The van der Waals surface area contributed by atoms with Gasteiger partial charge in [-0.2, -0.15) is 0 Å². The first-order valence-corrected chi connectivity index (χ1v) is 5.47. The van der Waals surface area contributed by atoms with Crippen LogP contribution < -0.4 is 11.4 Å². The first-order chi connectivity index (χ1) is 7.54. The molecule has 0 saturated carbocycles. The maximum atomic E-state index is 11.6. The molecule has 1 amide bonds. The summed E-state index contributed by atoms with van der Waals surface area (Å²) in [5.41, 5.74) is 1.83. The van der Waals surface area contributed by atoms with Crippen molar-refractivity contribution >= 4 is 11.9 Å². The van der Waals surface area contributed by atoms with E-state index in [1.54, 1.807) is 4.90 Å². The summed E-state index contributed by atoms with van der Waals surface area (Å²) in [5.74, 6) is 5.38. The number of nitrogens with zero attached hydrogens (tertiary/aromatic N) is 1. The number of carbonyl (C=O) groups excluding carboxylic acids is 2. The molecular weight excluding hydrogens is 210 g/mol. The van der Waals surface area contributed by atoms with Crippen molar-refractivity contribution in [2.45, 2.75) is 26.7 Å². The van der Waals surface area contributed by atoms with Crippen molar-refractivity contribution in [1.82, 2.24) is 10.5 Å². The average Bonchev–Trinajstić information content (AvgIpc) is 2.58. The fourth-order valence-electron chi connectivity index (χ4n) is 1.81. The topological polar surface area (TPSA) is 84.7 Å². The molecule has 6 heteroatoms. The summed E-state index contributed by atoms with van der Waals surface area (Å²) in [6.07, 6.45) is 0.753. The quantitative estimate of drug-likeness (QED) is 0.504. The van der Waals surface area contributed by atoms with Crippen LogP contribution in [0.2, 0.25) is 0 Å². The minimum Gasteiger partial charge on any atom is -0.356 e. The van der Waals surface area contributed by atoms with Crippen LogP contribution in [0, 0.1) is 11.8 Å². The SMILES string of the molecule is CC(C)C1CC(=O)N(CCC(=O)ONN)C1. The van der Waals surface area contributed by atoms with Gasteiger partial charge in [0.05, 0.1) is 6.42 Å². The summed E-state index contributed by atoms with van der Waals surface area (Å²) in [4.78, 5) is 28.7. The van der Waals surface area contributed by atoms with Gasteiger partial charge in [-0.3, -0.25) is 9.59 Å². The Labute approximate surface area is 95.0 Å². The normalized spacial score (nSPS) is 20.6. The van der Waals surface area contributed by atoms with E-state index in [4.69, 9.17) is 5.84 Å². The van der Waals surface area contributed by atoms with Crippen LogP contribution in [0.5, 0.6) is 0 Å². The molecule has 1 atom stereocenters. The number of likely N-dealkylation sites (tertiary alicyclic amines) is 1. The van der Waals surface area contributed by atoms with Crippen LogP contribution in [0.15, 0.2) is 0 Å². The zero-order valence-electron chi connectivity index (χ0n) is 9.73. The standard InChI is InChI=1S/C10H19N3O3/c1-7(2)8-5-9(14)13(6-8)4-3-10(15)16-12-11/h7-8,12H,3-6,11H2,1-2H3. The van der Waals surface area contributed by atoms with Crippen molar-refractivity contribution in [3.05, 3.63) is 0 Å². The van der Waals surface area contributed by atoms with E-state index in [2.05, 4.69) is 18.7 Å². The Kier molecular flexibility index (Phi) is 4.70. The molecule has 1 rings (SSSR count). The lowest BCUT2D eigenvalue weighted by Gasteiger charge is -2.17. The number of amides is 1. The monoisotopic (exact) mass is 229 g/mol. The molecule has 6 nitrogen and oxygen atoms in total. The van der Waals surface area contributed by atoms with Crippen molar-refractivity contribution in [3.8, 4) is 0 Å². The Morgan fingerprint density at radius 3 is 2.88 bits per heavy atom. The van der Waals surface area contributed by atoms with Crippen molar-refractivity contribution in [2.24, 2.45) is 17.7 Å². The molecule has 0 radical (unpaired) electrons. The van der Waals surface area contributed by atoms with Crippen molar-refractivity contribution in [3.63, 3.8) is 0 Å². The number of nitrogens with two attached hydrogens (primary N) is 1. The van der Waals surface area contributed by atoms with Crippen molar-refractivity contribution in [2.75, 3.05) is 13.1 Å². The molecule has 0 aromatic carbocycles. The van der Waals surface area contributed by atoms with Gasteiger partial charge in [0.2, 0.25) is 5.91 Å². The van der Waals surface area contributed by atoms with Gasteiger partial charge in [-0.1, -0.05) is 19.4 Å². The lowest BCUT2D eigenvalue weighted by molar-refractivity contribution is -0.151. The van der Waals surface area contributed by atoms with E-state index in [9.17, 15) is 9.59 Å². The van der Waals surface area contributed by atoms with E-state index in [0.29, 0.717) is 24.8 Å². The van der Waals surface area contributed by atoms with Gasteiger partial charge in [0, 0.05) is 19.5 Å². The highest BCUT2D eigenvalue weighted by Gasteiger charge is 2.31. The number of nitrogens with one attached hydrogen (secondary N) is 1. The second-order valence-electron chi connectivity index (χ2n) is 4.39. The third-order valence-corrected chi connectivity index (χ3v) is 2.95. The molecule has 92 valence electrons. The summed E-state index contributed by atoms with van der Waals surface area (Å²) in [7, 11) is 0. The second kappa shape index (κ2) is 5.81. The largest absolute Gasteiger partial charge is 0.356 e. The molecule has 1 aliphatic heterocycles. The molecule has 3 N–H and O–H groups in total. The molecule has 0 aromatic heterocycles. The number of hydrogen-bond donors (Lipinski definition) is 2.